The average Bonchev–Trinajstić information content (AvgIpc) is 2.86. The zero-order chi connectivity index (χ0) is 21.0. The van der Waals surface area contributed by atoms with Crippen LogP contribution in [0.4, 0.5) is 0 Å². The molecule has 1 aliphatic heterocycles. The maximum atomic E-state index is 12.9. The lowest BCUT2D eigenvalue weighted by Gasteiger charge is -2.28. The first-order chi connectivity index (χ1) is 13.2. The van der Waals surface area contributed by atoms with E-state index in [-0.39, 0.29) is 35.2 Å². The van der Waals surface area contributed by atoms with Crippen molar-refractivity contribution in [1.29, 1.82) is 0 Å². The third-order valence-electron chi connectivity index (χ3n) is 4.59. The molecule has 0 fully saturated rings. The number of Topliss-reactive ketones (excluding diaryl/α,β-unsaturated/α-hetero) is 1. The Morgan fingerprint density at radius 3 is 2.54 bits per heavy atom. The van der Waals surface area contributed by atoms with Crippen LogP contribution in [0.25, 0.3) is 0 Å². The molecule has 2 rings (SSSR count). The van der Waals surface area contributed by atoms with Crippen molar-refractivity contribution in [3.8, 4) is 11.5 Å². The highest BCUT2D eigenvalue weighted by atomic mass is 16.5. The fourth-order valence-electron chi connectivity index (χ4n) is 3.28. The van der Waals surface area contributed by atoms with Gasteiger partial charge in [-0.05, 0) is 44.6 Å². The number of aliphatic hydroxyl groups is 1. The minimum Gasteiger partial charge on any atom is -0.504 e. The number of aromatic hydroxyl groups is 1. The van der Waals surface area contributed by atoms with Gasteiger partial charge in [-0.15, -0.1) is 0 Å². The summed E-state index contributed by atoms with van der Waals surface area (Å²) in [6.45, 7) is 6.93. The molecule has 0 spiro atoms. The number of rotatable bonds is 9. The predicted molar refractivity (Wildman–Crippen MR) is 106 cm³/mol. The molecule has 1 aliphatic rings. The summed E-state index contributed by atoms with van der Waals surface area (Å²) >= 11 is 0. The van der Waals surface area contributed by atoms with Crippen LogP contribution in [0.5, 0.6) is 11.5 Å². The number of phenols is 1. The number of phenolic OH excluding ortho intramolecular Hbond substituents is 1. The lowest BCUT2D eigenvalue weighted by Crippen LogP contribution is -2.36. The van der Waals surface area contributed by atoms with Crippen molar-refractivity contribution in [2.45, 2.75) is 33.2 Å². The van der Waals surface area contributed by atoms with E-state index in [4.69, 9.17) is 4.74 Å². The van der Waals surface area contributed by atoms with Crippen molar-refractivity contribution in [2.24, 2.45) is 5.92 Å². The molecule has 1 aromatic carbocycles. The van der Waals surface area contributed by atoms with Gasteiger partial charge in [-0.1, -0.05) is 19.9 Å². The fourth-order valence-corrected chi connectivity index (χ4v) is 3.28. The first-order valence-corrected chi connectivity index (χ1v) is 9.55. The lowest BCUT2D eigenvalue weighted by atomic mass is 9.92. The van der Waals surface area contributed by atoms with Crippen LogP contribution < -0.4 is 4.74 Å². The maximum Gasteiger partial charge on any atom is 0.290 e. The van der Waals surface area contributed by atoms with Crippen molar-refractivity contribution < 1.29 is 24.5 Å². The Balaban J connectivity index is 2.52. The van der Waals surface area contributed by atoms with Gasteiger partial charge in [0.2, 0.25) is 0 Å². The number of aliphatic hydroxyl groups excluding tert-OH is 1. The van der Waals surface area contributed by atoms with Crippen molar-refractivity contribution in [3.63, 3.8) is 0 Å². The molecule has 154 valence electrons. The number of carbonyl (C=O) groups is 2. The molecule has 0 aromatic heterocycles. The standard InChI is InChI=1S/C21H30N2O5/c1-6-28-17-12-14(7-8-15(17)24)19-18(16(25)11-13(2)3)20(26)21(27)23(19)10-9-22(4)5/h7-8,12-13,19,24,26H,6,9-11H2,1-5H3. The van der Waals surface area contributed by atoms with Gasteiger partial charge in [0, 0.05) is 19.5 Å². The molecule has 1 unspecified atom stereocenters. The van der Waals surface area contributed by atoms with Gasteiger partial charge in [-0.3, -0.25) is 9.59 Å². The number of likely N-dealkylation sites (N-methyl/N-ethyl adjacent to an activating group) is 1. The molecule has 0 saturated heterocycles. The third-order valence-corrected chi connectivity index (χ3v) is 4.59. The molecular formula is C21H30N2O5. The lowest BCUT2D eigenvalue weighted by molar-refractivity contribution is -0.129. The van der Waals surface area contributed by atoms with Crippen molar-refractivity contribution in [1.82, 2.24) is 9.80 Å². The molecule has 0 saturated carbocycles. The van der Waals surface area contributed by atoms with Gasteiger partial charge >= 0.3 is 0 Å². The topological polar surface area (TPSA) is 90.3 Å². The van der Waals surface area contributed by atoms with E-state index >= 15 is 0 Å². The van der Waals surface area contributed by atoms with Gasteiger partial charge in [-0.25, -0.2) is 0 Å². The number of hydrogen-bond donors (Lipinski definition) is 2. The van der Waals surface area contributed by atoms with Crippen LogP contribution in [0.15, 0.2) is 29.5 Å². The number of benzene rings is 1. The van der Waals surface area contributed by atoms with E-state index in [1.165, 1.54) is 11.0 Å². The highest BCUT2D eigenvalue weighted by Crippen LogP contribution is 2.41. The molecule has 0 bridgehead atoms. The first-order valence-electron chi connectivity index (χ1n) is 9.55. The molecule has 0 radical (unpaired) electrons. The highest BCUT2D eigenvalue weighted by molar-refractivity contribution is 6.09. The number of amides is 1. The Morgan fingerprint density at radius 1 is 1.29 bits per heavy atom. The van der Waals surface area contributed by atoms with Crippen molar-refractivity contribution in [3.05, 3.63) is 35.1 Å². The molecule has 1 atom stereocenters. The Hall–Kier alpha value is -2.54. The van der Waals surface area contributed by atoms with Crippen LogP contribution in [-0.2, 0) is 9.59 Å². The van der Waals surface area contributed by atoms with Gasteiger partial charge in [0.25, 0.3) is 5.91 Å². The van der Waals surface area contributed by atoms with E-state index in [1.54, 1.807) is 19.1 Å². The Labute approximate surface area is 166 Å². The summed E-state index contributed by atoms with van der Waals surface area (Å²) in [5.74, 6) is -0.923. The monoisotopic (exact) mass is 390 g/mol. The highest BCUT2D eigenvalue weighted by Gasteiger charge is 2.43. The van der Waals surface area contributed by atoms with Crippen LogP contribution in [0, 0.1) is 5.92 Å². The number of nitrogens with zero attached hydrogens (tertiary/aromatic N) is 2. The largest absolute Gasteiger partial charge is 0.504 e. The maximum absolute atomic E-state index is 12.9. The zero-order valence-electron chi connectivity index (χ0n) is 17.2. The zero-order valence-corrected chi connectivity index (χ0v) is 17.2. The molecular weight excluding hydrogens is 360 g/mol. The van der Waals surface area contributed by atoms with Gasteiger partial charge in [0.1, 0.15) is 0 Å². The van der Waals surface area contributed by atoms with E-state index in [1.807, 2.05) is 32.8 Å². The van der Waals surface area contributed by atoms with Gasteiger partial charge < -0.3 is 24.7 Å². The molecule has 1 aromatic rings. The Bertz CT molecular complexity index is 770. The predicted octanol–water partition coefficient (Wildman–Crippen LogP) is 2.66. The SMILES string of the molecule is CCOc1cc(C2C(C(=O)CC(C)C)=C(O)C(=O)N2CCN(C)C)ccc1O. The minimum atomic E-state index is -0.710. The van der Waals surface area contributed by atoms with Crippen molar-refractivity contribution in [2.75, 3.05) is 33.8 Å². The second kappa shape index (κ2) is 9.10. The summed E-state index contributed by atoms with van der Waals surface area (Å²) in [6.07, 6.45) is 0.237. The second-order valence-corrected chi connectivity index (χ2v) is 7.65. The molecule has 7 heteroatoms. The van der Waals surface area contributed by atoms with Gasteiger partial charge in [-0.2, -0.15) is 0 Å². The normalized spacial score (nSPS) is 17.2. The summed E-state index contributed by atoms with van der Waals surface area (Å²) < 4.78 is 5.46. The summed E-state index contributed by atoms with van der Waals surface area (Å²) in [7, 11) is 3.78. The summed E-state index contributed by atoms with van der Waals surface area (Å²) in [6, 6.07) is 4.05. The first kappa shape index (κ1) is 21.8. The van der Waals surface area contributed by atoms with Crippen LogP contribution in [0.2, 0.25) is 0 Å². The summed E-state index contributed by atoms with van der Waals surface area (Å²) in [4.78, 5) is 29.0. The summed E-state index contributed by atoms with van der Waals surface area (Å²) in [5, 5.41) is 20.5. The third kappa shape index (κ3) is 4.65. The van der Waals surface area contributed by atoms with Gasteiger partial charge in [0.05, 0.1) is 18.2 Å². The Kier molecular flexibility index (Phi) is 7.07. The number of hydrogen-bond acceptors (Lipinski definition) is 6. The quantitative estimate of drug-likeness (QED) is 0.674. The molecule has 28 heavy (non-hydrogen) atoms. The van der Waals surface area contributed by atoms with E-state index in [0.717, 1.165) is 0 Å². The average molecular weight is 390 g/mol. The number of carbonyl (C=O) groups excluding carboxylic acids is 2. The van der Waals surface area contributed by atoms with E-state index < -0.39 is 17.7 Å². The second-order valence-electron chi connectivity index (χ2n) is 7.65. The van der Waals surface area contributed by atoms with Crippen LogP contribution >= 0.6 is 0 Å². The minimum absolute atomic E-state index is 0.0157. The molecule has 1 heterocycles. The molecule has 7 nitrogen and oxygen atoms in total. The van der Waals surface area contributed by atoms with Crippen LogP contribution in [0.1, 0.15) is 38.8 Å². The van der Waals surface area contributed by atoms with Crippen LogP contribution in [0.3, 0.4) is 0 Å². The molecule has 2 N–H and O–H groups in total. The van der Waals surface area contributed by atoms with Crippen molar-refractivity contribution >= 4 is 11.7 Å². The smallest absolute Gasteiger partial charge is 0.290 e. The van der Waals surface area contributed by atoms with E-state index in [2.05, 4.69) is 0 Å². The molecule has 1 amide bonds. The number of ether oxygens (including phenoxy) is 1. The van der Waals surface area contributed by atoms with E-state index in [0.29, 0.717) is 25.3 Å². The number of ketones is 1. The van der Waals surface area contributed by atoms with Gasteiger partial charge in [0.15, 0.2) is 23.0 Å². The molecule has 0 aliphatic carbocycles. The Morgan fingerprint density at radius 2 is 1.96 bits per heavy atom. The summed E-state index contributed by atoms with van der Waals surface area (Å²) in [5.41, 5.74) is 0.732. The van der Waals surface area contributed by atoms with E-state index in [9.17, 15) is 19.8 Å². The van der Waals surface area contributed by atoms with Crippen LogP contribution in [-0.4, -0.2) is 65.5 Å². The fraction of sp³-hybridized carbons (Fsp3) is 0.524.